The number of carbonyl (C=O) groups excluding carboxylic acids is 1. The number of hydrogen-bond donors (Lipinski definition) is 1. The standard InChI is InChI=1S/C12H15N3OS2/c1-5-6(2)17-11-9(5)12(15-8(4)14-11)18-7(3)10(13)16/h7H,1-4H3,(H2,13,16)/t7-/m0/s1. The smallest absolute Gasteiger partial charge is 0.230 e. The highest BCUT2D eigenvalue weighted by Gasteiger charge is 2.18. The van der Waals surface area contributed by atoms with Crippen LogP contribution in [0.3, 0.4) is 0 Å². The van der Waals surface area contributed by atoms with Crippen molar-refractivity contribution in [2.45, 2.75) is 38.0 Å². The van der Waals surface area contributed by atoms with Crippen molar-refractivity contribution in [1.82, 2.24) is 9.97 Å². The summed E-state index contributed by atoms with van der Waals surface area (Å²) < 4.78 is 0. The van der Waals surface area contributed by atoms with Gasteiger partial charge in [-0.1, -0.05) is 11.8 Å². The molecule has 6 heteroatoms. The van der Waals surface area contributed by atoms with Crippen LogP contribution in [0.2, 0.25) is 0 Å². The molecule has 2 N–H and O–H groups in total. The Kier molecular flexibility index (Phi) is 3.59. The fourth-order valence-corrected chi connectivity index (χ4v) is 3.77. The number of aromatic nitrogens is 2. The first-order valence-corrected chi connectivity index (χ1v) is 7.30. The Balaban J connectivity index is 2.58. The van der Waals surface area contributed by atoms with Crippen molar-refractivity contribution >= 4 is 39.2 Å². The highest BCUT2D eigenvalue weighted by atomic mass is 32.2. The van der Waals surface area contributed by atoms with Crippen LogP contribution in [0.15, 0.2) is 5.03 Å². The van der Waals surface area contributed by atoms with Gasteiger partial charge in [-0.3, -0.25) is 4.79 Å². The van der Waals surface area contributed by atoms with Gasteiger partial charge in [0, 0.05) is 10.3 Å². The summed E-state index contributed by atoms with van der Waals surface area (Å²) in [5.41, 5.74) is 6.50. The zero-order valence-corrected chi connectivity index (χ0v) is 12.4. The molecule has 0 saturated carbocycles. The van der Waals surface area contributed by atoms with E-state index in [1.807, 2.05) is 6.92 Å². The largest absolute Gasteiger partial charge is 0.369 e. The summed E-state index contributed by atoms with van der Waals surface area (Å²) in [4.78, 5) is 22.3. The van der Waals surface area contributed by atoms with Crippen LogP contribution in [0.5, 0.6) is 0 Å². The lowest BCUT2D eigenvalue weighted by Gasteiger charge is -2.08. The number of primary amides is 1. The average molecular weight is 281 g/mol. The maximum Gasteiger partial charge on any atom is 0.230 e. The third-order valence-corrected chi connectivity index (χ3v) is 5.00. The third kappa shape index (κ3) is 2.35. The molecule has 0 fully saturated rings. The van der Waals surface area contributed by atoms with Crippen LogP contribution in [0.25, 0.3) is 10.2 Å². The van der Waals surface area contributed by atoms with Gasteiger partial charge in [0.15, 0.2) is 0 Å². The van der Waals surface area contributed by atoms with Gasteiger partial charge in [0.05, 0.1) is 5.25 Å². The van der Waals surface area contributed by atoms with Gasteiger partial charge in [-0.25, -0.2) is 9.97 Å². The van der Waals surface area contributed by atoms with Gasteiger partial charge in [-0.15, -0.1) is 11.3 Å². The van der Waals surface area contributed by atoms with Crippen LogP contribution in [0, 0.1) is 20.8 Å². The first kappa shape index (κ1) is 13.3. The minimum Gasteiger partial charge on any atom is -0.369 e. The van der Waals surface area contributed by atoms with Gasteiger partial charge < -0.3 is 5.73 Å². The summed E-state index contributed by atoms with van der Waals surface area (Å²) in [6, 6.07) is 0. The number of nitrogens with zero attached hydrogens (tertiary/aromatic N) is 2. The number of fused-ring (bicyclic) bond motifs is 1. The SMILES string of the molecule is Cc1nc(S[C@@H](C)C(N)=O)c2c(C)c(C)sc2n1. The fraction of sp³-hybridized carbons (Fsp3) is 0.417. The Morgan fingerprint density at radius 2 is 2.00 bits per heavy atom. The lowest BCUT2D eigenvalue weighted by atomic mass is 10.2. The molecule has 2 aromatic rings. The maximum atomic E-state index is 11.2. The molecule has 0 aliphatic heterocycles. The Bertz CT molecular complexity index is 621. The summed E-state index contributed by atoms with van der Waals surface area (Å²) >= 11 is 3.07. The summed E-state index contributed by atoms with van der Waals surface area (Å²) in [5.74, 6) is 0.400. The van der Waals surface area contributed by atoms with E-state index in [0.29, 0.717) is 0 Å². The number of hydrogen-bond acceptors (Lipinski definition) is 5. The summed E-state index contributed by atoms with van der Waals surface area (Å²) in [6.07, 6.45) is 0. The van der Waals surface area contributed by atoms with E-state index in [4.69, 9.17) is 5.73 Å². The second kappa shape index (κ2) is 4.85. The van der Waals surface area contributed by atoms with E-state index in [9.17, 15) is 4.79 Å². The topological polar surface area (TPSA) is 68.9 Å². The van der Waals surface area contributed by atoms with E-state index < -0.39 is 0 Å². The molecule has 4 nitrogen and oxygen atoms in total. The summed E-state index contributed by atoms with van der Waals surface area (Å²) in [7, 11) is 0. The molecule has 2 aromatic heterocycles. The molecule has 96 valence electrons. The molecular formula is C12H15N3OS2. The van der Waals surface area contributed by atoms with Crippen LogP contribution in [-0.2, 0) is 4.79 Å². The van der Waals surface area contributed by atoms with Crippen LogP contribution in [0.4, 0.5) is 0 Å². The second-order valence-electron chi connectivity index (χ2n) is 4.20. The molecule has 2 heterocycles. The minimum atomic E-state index is -0.325. The Morgan fingerprint density at radius 1 is 1.33 bits per heavy atom. The van der Waals surface area contributed by atoms with Crippen molar-refractivity contribution in [3.8, 4) is 0 Å². The van der Waals surface area contributed by atoms with Gasteiger partial charge in [-0.05, 0) is 33.3 Å². The molecule has 0 aromatic carbocycles. The number of nitrogens with two attached hydrogens (primary N) is 1. The molecule has 0 aliphatic carbocycles. The fourth-order valence-electron chi connectivity index (χ4n) is 1.63. The van der Waals surface area contributed by atoms with Crippen molar-refractivity contribution in [2.75, 3.05) is 0 Å². The number of thioether (sulfide) groups is 1. The average Bonchev–Trinajstić information content (AvgIpc) is 2.54. The van der Waals surface area contributed by atoms with Gasteiger partial charge in [-0.2, -0.15) is 0 Å². The van der Waals surface area contributed by atoms with Crippen molar-refractivity contribution < 1.29 is 4.79 Å². The number of rotatable bonds is 3. The number of thiophene rings is 1. The second-order valence-corrected chi connectivity index (χ2v) is 6.73. The molecule has 1 amide bonds. The van der Waals surface area contributed by atoms with E-state index in [-0.39, 0.29) is 11.2 Å². The zero-order chi connectivity index (χ0) is 13.4. The molecular weight excluding hydrogens is 266 g/mol. The Morgan fingerprint density at radius 3 is 2.61 bits per heavy atom. The van der Waals surface area contributed by atoms with Crippen LogP contribution in [-0.4, -0.2) is 21.1 Å². The van der Waals surface area contributed by atoms with E-state index in [1.165, 1.54) is 22.2 Å². The first-order valence-electron chi connectivity index (χ1n) is 5.60. The normalized spacial score (nSPS) is 12.9. The van der Waals surface area contributed by atoms with Gasteiger partial charge in [0.2, 0.25) is 5.91 Å². The Labute approximate surface area is 114 Å². The number of aryl methyl sites for hydroxylation is 3. The predicted octanol–water partition coefficient (Wildman–Crippen LogP) is 2.58. The van der Waals surface area contributed by atoms with E-state index in [0.717, 1.165) is 21.1 Å². The lowest BCUT2D eigenvalue weighted by molar-refractivity contribution is -0.117. The van der Waals surface area contributed by atoms with E-state index in [1.54, 1.807) is 18.3 Å². The highest BCUT2D eigenvalue weighted by Crippen LogP contribution is 2.36. The highest BCUT2D eigenvalue weighted by molar-refractivity contribution is 8.00. The van der Waals surface area contributed by atoms with Crippen molar-refractivity contribution in [3.63, 3.8) is 0 Å². The summed E-state index contributed by atoms with van der Waals surface area (Å²) in [6.45, 7) is 7.79. The Hall–Kier alpha value is -1.14. The molecule has 0 saturated heterocycles. The third-order valence-electron chi connectivity index (χ3n) is 2.80. The van der Waals surface area contributed by atoms with Gasteiger partial charge in [0.25, 0.3) is 0 Å². The maximum absolute atomic E-state index is 11.2. The predicted molar refractivity (Wildman–Crippen MR) is 76.1 cm³/mol. The molecule has 0 spiro atoms. The molecule has 0 unspecified atom stereocenters. The van der Waals surface area contributed by atoms with Crippen LogP contribution >= 0.6 is 23.1 Å². The van der Waals surface area contributed by atoms with E-state index >= 15 is 0 Å². The molecule has 18 heavy (non-hydrogen) atoms. The monoisotopic (exact) mass is 281 g/mol. The number of amides is 1. The van der Waals surface area contributed by atoms with Crippen molar-refractivity contribution in [2.24, 2.45) is 5.73 Å². The lowest BCUT2D eigenvalue weighted by Crippen LogP contribution is -2.22. The van der Waals surface area contributed by atoms with Crippen LogP contribution in [0.1, 0.15) is 23.2 Å². The molecule has 0 bridgehead atoms. The van der Waals surface area contributed by atoms with Gasteiger partial charge >= 0.3 is 0 Å². The summed E-state index contributed by atoms with van der Waals surface area (Å²) in [5, 5.41) is 1.62. The molecule has 2 rings (SSSR count). The minimum absolute atomic E-state index is 0.290. The van der Waals surface area contributed by atoms with Gasteiger partial charge in [0.1, 0.15) is 15.7 Å². The molecule has 0 radical (unpaired) electrons. The van der Waals surface area contributed by atoms with Crippen LogP contribution < -0.4 is 5.73 Å². The van der Waals surface area contributed by atoms with E-state index in [2.05, 4.69) is 23.8 Å². The first-order chi connectivity index (χ1) is 8.40. The zero-order valence-electron chi connectivity index (χ0n) is 10.8. The van der Waals surface area contributed by atoms with Crippen molar-refractivity contribution in [3.05, 3.63) is 16.3 Å². The quantitative estimate of drug-likeness (QED) is 0.693. The number of carbonyl (C=O) groups is 1. The molecule has 0 aliphatic rings. The molecule has 1 atom stereocenters. The van der Waals surface area contributed by atoms with Crippen molar-refractivity contribution in [1.29, 1.82) is 0 Å².